The number of amides is 1. The van der Waals surface area contributed by atoms with Gasteiger partial charge in [-0.3, -0.25) is 9.69 Å². The number of sulfonamides is 1. The molecule has 168 valence electrons. The molecule has 3 N–H and O–H groups in total. The van der Waals surface area contributed by atoms with Crippen LogP contribution in [0, 0.1) is 0 Å². The molecule has 31 heavy (non-hydrogen) atoms. The maximum absolute atomic E-state index is 13.2. The third-order valence-corrected chi connectivity index (χ3v) is 6.71. The second-order valence-electron chi connectivity index (χ2n) is 7.81. The molecule has 2 saturated heterocycles. The van der Waals surface area contributed by atoms with Gasteiger partial charge in [0.05, 0.1) is 36.0 Å². The lowest BCUT2D eigenvalue weighted by molar-refractivity contribution is 0.0932. The number of likely N-dealkylation sites (tertiary alicyclic amines) is 1. The normalized spacial score (nSPS) is 18.8. The summed E-state index contributed by atoms with van der Waals surface area (Å²) < 4.78 is 34.8. The molecule has 2 aliphatic rings. The lowest BCUT2D eigenvalue weighted by Gasteiger charge is -2.31. The van der Waals surface area contributed by atoms with Gasteiger partial charge in [0.1, 0.15) is 5.76 Å². The first-order valence-electron chi connectivity index (χ1n) is 10.5. The molecule has 0 bridgehead atoms. The molecule has 0 saturated carbocycles. The number of nitrogens with zero attached hydrogens (tertiary/aromatic N) is 2. The first-order chi connectivity index (χ1) is 14.9. The van der Waals surface area contributed by atoms with Crippen LogP contribution in [0.1, 0.15) is 35.0 Å². The predicted molar refractivity (Wildman–Crippen MR) is 115 cm³/mol. The van der Waals surface area contributed by atoms with E-state index in [9.17, 15) is 13.2 Å². The highest BCUT2D eigenvalue weighted by atomic mass is 32.2. The lowest BCUT2D eigenvalue weighted by atomic mass is 10.1. The van der Waals surface area contributed by atoms with Gasteiger partial charge in [0.15, 0.2) is 0 Å². The van der Waals surface area contributed by atoms with Crippen LogP contribution in [0.2, 0.25) is 0 Å². The SMILES string of the molecule is NS(=O)(=O)c1ccc(N2CCOCC2)c(C(=O)NC[C@@H](c2ccco2)N2CCCC2)c1. The molecule has 1 atom stereocenters. The van der Waals surface area contributed by atoms with Gasteiger partial charge in [0, 0.05) is 25.3 Å². The highest BCUT2D eigenvalue weighted by Crippen LogP contribution is 2.27. The zero-order chi connectivity index (χ0) is 21.8. The van der Waals surface area contributed by atoms with E-state index < -0.39 is 10.0 Å². The summed E-state index contributed by atoms with van der Waals surface area (Å²) in [6, 6.07) is 8.11. The summed E-state index contributed by atoms with van der Waals surface area (Å²) in [5.74, 6) is 0.455. The van der Waals surface area contributed by atoms with Crippen LogP contribution in [0.4, 0.5) is 5.69 Å². The maximum atomic E-state index is 13.2. The smallest absolute Gasteiger partial charge is 0.253 e. The molecule has 1 aromatic carbocycles. The zero-order valence-electron chi connectivity index (χ0n) is 17.3. The fraction of sp³-hybridized carbons (Fsp3) is 0.476. The Morgan fingerprint density at radius 1 is 1.13 bits per heavy atom. The van der Waals surface area contributed by atoms with Crippen LogP contribution in [0.3, 0.4) is 0 Å². The average Bonchev–Trinajstić information content (AvgIpc) is 3.48. The summed E-state index contributed by atoms with van der Waals surface area (Å²) in [7, 11) is -3.93. The van der Waals surface area contributed by atoms with Gasteiger partial charge < -0.3 is 19.4 Å². The molecule has 2 fully saturated rings. The molecule has 9 nitrogen and oxygen atoms in total. The van der Waals surface area contributed by atoms with E-state index >= 15 is 0 Å². The van der Waals surface area contributed by atoms with Crippen LogP contribution < -0.4 is 15.4 Å². The van der Waals surface area contributed by atoms with Crippen LogP contribution in [0.15, 0.2) is 45.9 Å². The number of carbonyl (C=O) groups excluding carboxylic acids is 1. The van der Waals surface area contributed by atoms with E-state index in [2.05, 4.69) is 10.2 Å². The standard InChI is InChI=1S/C21H28N4O5S/c22-31(27,28)16-5-6-18(25-9-12-29-13-10-25)17(14-16)21(26)23-15-19(20-4-3-11-30-20)24-7-1-2-8-24/h3-6,11,14,19H,1-2,7-10,12-13,15H2,(H,23,26)(H2,22,27,28)/t19-/m0/s1. The third kappa shape index (κ3) is 5.09. The second-order valence-corrected chi connectivity index (χ2v) is 9.37. The summed E-state index contributed by atoms with van der Waals surface area (Å²) in [6.07, 6.45) is 3.86. The van der Waals surface area contributed by atoms with E-state index in [1.54, 1.807) is 12.3 Å². The quantitative estimate of drug-likeness (QED) is 0.656. The van der Waals surface area contributed by atoms with Gasteiger partial charge in [-0.1, -0.05) is 0 Å². The molecule has 0 radical (unpaired) electrons. The Balaban J connectivity index is 1.58. The van der Waals surface area contributed by atoms with Gasteiger partial charge in [0.25, 0.3) is 5.91 Å². The molecule has 10 heteroatoms. The van der Waals surface area contributed by atoms with Crippen LogP contribution >= 0.6 is 0 Å². The summed E-state index contributed by atoms with van der Waals surface area (Å²) in [5, 5.41) is 8.30. The Labute approximate surface area is 182 Å². The fourth-order valence-electron chi connectivity index (χ4n) is 4.18. The van der Waals surface area contributed by atoms with Crippen molar-refractivity contribution in [3.05, 3.63) is 47.9 Å². The number of anilines is 1. The molecule has 0 unspecified atom stereocenters. The Hall–Kier alpha value is -2.40. The molecule has 0 aliphatic carbocycles. The monoisotopic (exact) mass is 448 g/mol. The molecule has 1 aromatic heterocycles. The Bertz CT molecular complexity index is 997. The van der Waals surface area contributed by atoms with E-state index in [0.29, 0.717) is 38.5 Å². The van der Waals surface area contributed by atoms with Crippen LogP contribution in [0.25, 0.3) is 0 Å². The molecule has 2 aliphatic heterocycles. The average molecular weight is 449 g/mol. The number of carbonyl (C=O) groups is 1. The van der Waals surface area contributed by atoms with E-state index in [1.165, 1.54) is 12.1 Å². The van der Waals surface area contributed by atoms with Crippen LogP contribution in [0.5, 0.6) is 0 Å². The Kier molecular flexibility index (Phi) is 6.61. The van der Waals surface area contributed by atoms with Crippen molar-refractivity contribution in [1.29, 1.82) is 0 Å². The largest absolute Gasteiger partial charge is 0.468 e. The maximum Gasteiger partial charge on any atom is 0.253 e. The number of benzene rings is 1. The number of morpholine rings is 1. The number of ether oxygens (including phenoxy) is 1. The van der Waals surface area contributed by atoms with Gasteiger partial charge >= 0.3 is 0 Å². The van der Waals surface area contributed by atoms with Crippen LogP contribution in [-0.4, -0.2) is 65.2 Å². The third-order valence-electron chi connectivity index (χ3n) is 5.80. The summed E-state index contributed by atoms with van der Waals surface area (Å²) in [5.41, 5.74) is 0.956. The minimum Gasteiger partial charge on any atom is -0.468 e. The number of hydrogen-bond acceptors (Lipinski definition) is 7. The number of nitrogens with two attached hydrogens (primary N) is 1. The number of furan rings is 1. The Morgan fingerprint density at radius 3 is 2.52 bits per heavy atom. The van der Waals surface area contributed by atoms with E-state index in [-0.39, 0.29) is 22.4 Å². The van der Waals surface area contributed by atoms with Gasteiger partial charge in [-0.25, -0.2) is 13.6 Å². The van der Waals surface area contributed by atoms with Crippen molar-refractivity contribution in [2.45, 2.75) is 23.8 Å². The first-order valence-corrected chi connectivity index (χ1v) is 12.0. The molecular formula is C21H28N4O5S. The number of rotatable bonds is 7. The van der Waals surface area contributed by atoms with Crippen LogP contribution in [-0.2, 0) is 14.8 Å². The molecule has 4 rings (SSSR count). The van der Waals surface area contributed by atoms with Gasteiger partial charge in [-0.2, -0.15) is 0 Å². The first kappa shape index (κ1) is 21.8. The summed E-state index contributed by atoms with van der Waals surface area (Å²) >= 11 is 0. The van der Waals surface area contributed by atoms with Crippen molar-refractivity contribution in [2.75, 3.05) is 50.8 Å². The molecule has 1 amide bonds. The molecular weight excluding hydrogens is 420 g/mol. The van der Waals surface area contributed by atoms with Gasteiger partial charge in [-0.05, 0) is 56.3 Å². The molecule has 2 aromatic rings. The number of nitrogens with one attached hydrogen (secondary N) is 1. The predicted octanol–water partition coefficient (Wildman–Crippen LogP) is 1.33. The van der Waals surface area contributed by atoms with Crippen molar-refractivity contribution in [2.24, 2.45) is 5.14 Å². The van der Waals surface area contributed by atoms with Crippen molar-refractivity contribution in [3.8, 4) is 0 Å². The Morgan fingerprint density at radius 2 is 1.87 bits per heavy atom. The van der Waals surface area contributed by atoms with Crippen molar-refractivity contribution >= 4 is 21.6 Å². The fourth-order valence-corrected chi connectivity index (χ4v) is 4.72. The highest BCUT2D eigenvalue weighted by Gasteiger charge is 2.27. The van der Waals surface area contributed by atoms with Crippen molar-refractivity contribution in [1.82, 2.24) is 10.2 Å². The number of hydrogen-bond donors (Lipinski definition) is 2. The molecule has 3 heterocycles. The minimum absolute atomic E-state index is 0.0743. The molecule has 0 spiro atoms. The van der Waals surface area contributed by atoms with Crippen molar-refractivity contribution in [3.63, 3.8) is 0 Å². The van der Waals surface area contributed by atoms with E-state index in [0.717, 1.165) is 31.7 Å². The summed E-state index contributed by atoms with van der Waals surface area (Å²) in [6.45, 7) is 4.59. The number of primary sulfonamides is 1. The van der Waals surface area contributed by atoms with Gasteiger partial charge in [-0.15, -0.1) is 0 Å². The zero-order valence-corrected chi connectivity index (χ0v) is 18.1. The second kappa shape index (κ2) is 9.39. The van der Waals surface area contributed by atoms with E-state index in [4.69, 9.17) is 14.3 Å². The summed E-state index contributed by atoms with van der Waals surface area (Å²) in [4.78, 5) is 17.5. The van der Waals surface area contributed by atoms with Gasteiger partial charge in [0.2, 0.25) is 10.0 Å². The lowest BCUT2D eigenvalue weighted by Crippen LogP contribution is -2.39. The topological polar surface area (TPSA) is 118 Å². The van der Waals surface area contributed by atoms with Crippen molar-refractivity contribution < 1.29 is 22.4 Å². The highest BCUT2D eigenvalue weighted by molar-refractivity contribution is 7.89. The van der Waals surface area contributed by atoms with E-state index in [1.807, 2.05) is 17.0 Å². The minimum atomic E-state index is -3.93.